The Kier molecular flexibility index (Phi) is 6.66. The quantitative estimate of drug-likeness (QED) is 0.716. The Balaban J connectivity index is 2.48. The van der Waals surface area contributed by atoms with Crippen molar-refractivity contribution >= 4 is 11.8 Å². The summed E-state index contributed by atoms with van der Waals surface area (Å²) in [6.07, 6.45) is 3.40. The molecule has 0 aromatic carbocycles. The molecule has 6 nitrogen and oxygen atoms in total. The molecule has 0 aliphatic carbocycles. The van der Waals surface area contributed by atoms with Gasteiger partial charge in [0, 0.05) is 32.0 Å². The standard InChI is InChI=1S/C14H21N3O3/c1-3-17(9-6-12-4-7-15-8-5-12)14(20)13(19)16-10-11(2)18/h4-5,7-8,11,18H,3,6,9-10H2,1-2H3,(H,16,19). The maximum Gasteiger partial charge on any atom is 0.311 e. The Bertz CT molecular complexity index is 435. The second kappa shape index (κ2) is 8.27. The number of pyridine rings is 1. The van der Waals surface area contributed by atoms with Gasteiger partial charge in [0.2, 0.25) is 0 Å². The molecule has 0 fully saturated rings. The molecule has 1 rings (SSSR count). The summed E-state index contributed by atoms with van der Waals surface area (Å²) in [4.78, 5) is 29.0. The number of nitrogens with zero attached hydrogens (tertiary/aromatic N) is 2. The summed E-state index contributed by atoms with van der Waals surface area (Å²) < 4.78 is 0. The highest BCUT2D eigenvalue weighted by Gasteiger charge is 2.20. The molecule has 0 spiro atoms. The van der Waals surface area contributed by atoms with Crippen LogP contribution >= 0.6 is 0 Å². The fraction of sp³-hybridized carbons (Fsp3) is 0.500. The van der Waals surface area contributed by atoms with Crippen LogP contribution in [0.5, 0.6) is 0 Å². The van der Waals surface area contributed by atoms with Crippen LogP contribution < -0.4 is 5.32 Å². The van der Waals surface area contributed by atoms with Crippen molar-refractivity contribution in [3.05, 3.63) is 30.1 Å². The SMILES string of the molecule is CCN(CCc1ccncc1)C(=O)C(=O)NCC(C)O. The van der Waals surface area contributed by atoms with E-state index in [0.717, 1.165) is 5.56 Å². The van der Waals surface area contributed by atoms with Gasteiger partial charge in [0.05, 0.1) is 6.10 Å². The fourth-order valence-electron chi connectivity index (χ4n) is 1.68. The minimum atomic E-state index is -0.678. The molecular weight excluding hydrogens is 258 g/mol. The topological polar surface area (TPSA) is 82.5 Å². The van der Waals surface area contributed by atoms with Crippen molar-refractivity contribution < 1.29 is 14.7 Å². The number of nitrogens with one attached hydrogen (secondary N) is 1. The first kappa shape index (κ1) is 16.1. The predicted molar refractivity (Wildman–Crippen MR) is 74.9 cm³/mol. The van der Waals surface area contributed by atoms with Gasteiger partial charge < -0.3 is 15.3 Å². The molecule has 1 atom stereocenters. The largest absolute Gasteiger partial charge is 0.392 e. The Morgan fingerprint density at radius 1 is 1.40 bits per heavy atom. The highest BCUT2D eigenvalue weighted by molar-refractivity contribution is 6.35. The van der Waals surface area contributed by atoms with Gasteiger partial charge in [-0.1, -0.05) is 0 Å². The van der Waals surface area contributed by atoms with Gasteiger partial charge in [-0.3, -0.25) is 14.6 Å². The maximum absolute atomic E-state index is 11.9. The van der Waals surface area contributed by atoms with Crippen LogP contribution in [0.2, 0.25) is 0 Å². The number of carbonyl (C=O) groups excluding carboxylic acids is 2. The molecule has 0 aliphatic heterocycles. The Labute approximate surface area is 118 Å². The summed E-state index contributed by atoms with van der Waals surface area (Å²) in [5, 5.41) is 11.5. The normalized spacial score (nSPS) is 11.8. The first-order chi connectivity index (χ1) is 9.54. The molecule has 0 bridgehead atoms. The van der Waals surface area contributed by atoms with Gasteiger partial charge in [-0.2, -0.15) is 0 Å². The third-order valence-electron chi connectivity index (χ3n) is 2.84. The van der Waals surface area contributed by atoms with Crippen molar-refractivity contribution in [3.63, 3.8) is 0 Å². The number of aliphatic hydroxyl groups is 1. The van der Waals surface area contributed by atoms with Gasteiger partial charge in [-0.25, -0.2) is 0 Å². The van der Waals surface area contributed by atoms with Gasteiger partial charge in [0.15, 0.2) is 0 Å². The molecule has 1 heterocycles. The predicted octanol–water partition coefficient (Wildman–Crippen LogP) is -0.0304. The van der Waals surface area contributed by atoms with E-state index in [4.69, 9.17) is 5.11 Å². The zero-order valence-corrected chi connectivity index (χ0v) is 11.9. The molecule has 1 aromatic rings. The lowest BCUT2D eigenvalue weighted by atomic mass is 10.2. The molecule has 0 aliphatic rings. The third-order valence-corrected chi connectivity index (χ3v) is 2.84. The highest BCUT2D eigenvalue weighted by Crippen LogP contribution is 2.00. The van der Waals surface area contributed by atoms with Crippen molar-refractivity contribution in [2.24, 2.45) is 0 Å². The van der Waals surface area contributed by atoms with Crippen molar-refractivity contribution in [3.8, 4) is 0 Å². The molecule has 110 valence electrons. The van der Waals surface area contributed by atoms with Crippen LogP contribution in [0.4, 0.5) is 0 Å². The Morgan fingerprint density at radius 3 is 2.60 bits per heavy atom. The van der Waals surface area contributed by atoms with E-state index >= 15 is 0 Å². The van der Waals surface area contributed by atoms with Crippen LogP contribution in [0.3, 0.4) is 0 Å². The zero-order chi connectivity index (χ0) is 15.0. The second-order valence-corrected chi connectivity index (χ2v) is 4.55. The smallest absolute Gasteiger partial charge is 0.311 e. The van der Waals surface area contributed by atoms with Crippen molar-refractivity contribution in [1.29, 1.82) is 0 Å². The first-order valence-electron chi connectivity index (χ1n) is 6.68. The lowest BCUT2D eigenvalue weighted by molar-refractivity contribution is -0.145. The van der Waals surface area contributed by atoms with Gasteiger partial charge >= 0.3 is 11.8 Å². The van der Waals surface area contributed by atoms with Gasteiger partial charge in [0.1, 0.15) is 0 Å². The molecule has 20 heavy (non-hydrogen) atoms. The van der Waals surface area contributed by atoms with Crippen LogP contribution in [-0.2, 0) is 16.0 Å². The molecule has 0 radical (unpaired) electrons. The third kappa shape index (κ3) is 5.36. The number of likely N-dealkylation sites (N-methyl/N-ethyl adjacent to an activating group) is 1. The summed E-state index contributed by atoms with van der Waals surface area (Å²) in [7, 11) is 0. The lowest BCUT2D eigenvalue weighted by Crippen LogP contribution is -2.45. The van der Waals surface area contributed by atoms with E-state index in [9.17, 15) is 9.59 Å². The number of amides is 2. The van der Waals surface area contributed by atoms with E-state index in [1.807, 2.05) is 19.1 Å². The minimum Gasteiger partial charge on any atom is -0.392 e. The Hall–Kier alpha value is -1.95. The zero-order valence-electron chi connectivity index (χ0n) is 11.9. The van der Waals surface area contributed by atoms with E-state index in [0.29, 0.717) is 19.5 Å². The monoisotopic (exact) mass is 279 g/mol. The van der Waals surface area contributed by atoms with E-state index in [2.05, 4.69) is 10.3 Å². The maximum atomic E-state index is 11.9. The fourth-order valence-corrected chi connectivity index (χ4v) is 1.68. The van der Waals surface area contributed by atoms with Crippen LogP contribution in [0.25, 0.3) is 0 Å². The van der Waals surface area contributed by atoms with E-state index in [1.54, 1.807) is 19.3 Å². The molecule has 0 saturated heterocycles. The molecular formula is C14H21N3O3. The van der Waals surface area contributed by atoms with E-state index < -0.39 is 17.9 Å². The van der Waals surface area contributed by atoms with Crippen LogP contribution in [0, 0.1) is 0 Å². The number of aliphatic hydroxyl groups excluding tert-OH is 1. The van der Waals surface area contributed by atoms with Gasteiger partial charge in [-0.05, 0) is 38.0 Å². The summed E-state index contributed by atoms with van der Waals surface area (Å²) in [6.45, 7) is 4.39. The molecule has 1 unspecified atom stereocenters. The van der Waals surface area contributed by atoms with Gasteiger partial charge in [0.25, 0.3) is 0 Å². The van der Waals surface area contributed by atoms with Crippen molar-refractivity contribution in [1.82, 2.24) is 15.2 Å². The van der Waals surface area contributed by atoms with Crippen LogP contribution in [-0.4, -0.2) is 52.5 Å². The van der Waals surface area contributed by atoms with Gasteiger partial charge in [-0.15, -0.1) is 0 Å². The average molecular weight is 279 g/mol. The lowest BCUT2D eigenvalue weighted by Gasteiger charge is -2.20. The molecule has 2 N–H and O–H groups in total. The van der Waals surface area contributed by atoms with E-state index in [1.165, 1.54) is 4.90 Å². The summed E-state index contributed by atoms with van der Waals surface area (Å²) >= 11 is 0. The average Bonchev–Trinajstić information content (AvgIpc) is 2.46. The molecule has 0 saturated carbocycles. The number of hydrogen-bond acceptors (Lipinski definition) is 4. The second-order valence-electron chi connectivity index (χ2n) is 4.55. The number of hydrogen-bond donors (Lipinski definition) is 2. The van der Waals surface area contributed by atoms with Crippen LogP contribution in [0.1, 0.15) is 19.4 Å². The molecule has 6 heteroatoms. The number of rotatable bonds is 6. The minimum absolute atomic E-state index is 0.0759. The summed E-state index contributed by atoms with van der Waals surface area (Å²) in [5.41, 5.74) is 1.07. The molecule has 2 amide bonds. The summed E-state index contributed by atoms with van der Waals surface area (Å²) in [6, 6.07) is 3.76. The highest BCUT2D eigenvalue weighted by atomic mass is 16.3. The van der Waals surface area contributed by atoms with Crippen molar-refractivity contribution in [2.75, 3.05) is 19.6 Å². The summed E-state index contributed by atoms with van der Waals surface area (Å²) in [5.74, 6) is -1.25. The number of aromatic nitrogens is 1. The van der Waals surface area contributed by atoms with Crippen molar-refractivity contribution in [2.45, 2.75) is 26.4 Å². The van der Waals surface area contributed by atoms with Crippen LogP contribution in [0.15, 0.2) is 24.5 Å². The van der Waals surface area contributed by atoms with E-state index in [-0.39, 0.29) is 6.54 Å². The Morgan fingerprint density at radius 2 is 2.05 bits per heavy atom. The molecule has 1 aromatic heterocycles. The number of carbonyl (C=O) groups is 2. The first-order valence-corrected chi connectivity index (χ1v) is 6.68.